The lowest BCUT2D eigenvalue weighted by Crippen LogP contribution is -2.44. The molecule has 3 rings (SSSR count). The van der Waals surface area contributed by atoms with Crippen LogP contribution in [0.4, 0.5) is 4.79 Å². The van der Waals surface area contributed by atoms with Crippen LogP contribution in [0.3, 0.4) is 0 Å². The minimum absolute atomic E-state index is 0.0413. The van der Waals surface area contributed by atoms with Crippen LogP contribution in [0.2, 0.25) is 0 Å². The summed E-state index contributed by atoms with van der Waals surface area (Å²) in [5, 5.41) is 0. The van der Waals surface area contributed by atoms with Gasteiger partial charge in [0.05, 0.1) is 12.2 Å². The second-order valence-corrected chi connectivity index (χ2v) is 7.48. The highest BCUT2D eigenvalue weighted by Gasteiger charge is 2.33. The van der Waals surface area contributed by atoms with E-state index in [1.165, 1.54) is 10.5 Å². The fourth-order valence-electron chi connectivity index (χ4n) is 3.06. The van der Waals surface area contributed by atoms with Crippen molar-refractivity contribution in [1.82, 2.24) is 9.80 Å². The van der Waals surface area contributed by atoms with E-state index in [0.717, 1.165) is 17.8 Å². The van der Waals surface area contributed by atoms with Crippen LogP contribution in [-0.4, -0.2) is 40.4 Å². The molecule has 0 unspecified atom stereocenters. The SMILES string of the molecule is CC(C)(C)OC(=O)N1CC(=O)CC2=C1C=CN(Cc1ccccc1)C2. The van der Waals surface area contributed by atoms with Gasteiger partial charge < -0.3 is 9.64 Å². The summed E-state index contributed by atoms with van der Waals surface area (Å²) < 4.78 is 5.45. The number of allylic oxidation sites excluding steroid dienone is 1. The average molecular weight is 340 g/mol. The molecule has 0 saturated heterocycles. The lowest BCUT2D eigenvalue weighted by molar-refractivity contribution is -0.120. The lowest BCUT2D eigenvalue weighted by atomic mass is 9.98. The number of benzene rings is 1. The molecule has 0 bridgehead atoms. The number of carbonyl (C=O) groups is 2. The first-order chi connectivity index (χ1) is 11.8. The molecule has 0 atom stereocenters. The summed E-state index contributed by atoms with van der Waals surface area (Å²) in [6, 6.07) is 10.2. The van der Waals surface area contributed by atoms with Crippen molar-refractivity contribution in [3.05, 3.63) is 59.4 Å². The van der Waals surface area contributed by atoms with E-state index in [2.05, 4.69) is 17.0 Å². The second-order valence-electron chi connectivity index (χ2n) is 7.48. The van der Waals surface area contributed by atoms with Crippen molar-refractivity contribution in [2.45, 2.75) is 39.3 Å². The van der Waals surface area contributed by atoms with Gasteiger partial charge in [-0.3, -0.25) is 9.69 Å². The van der Waals surface area contributed by atoms with Crippen molar-refractivity contribution < 1.29 is 14.3 Å². The topological polar surface area (TPSA) is 49.9 Å². The third kappa shape index (κ3) is 4.29. The molecule has 0 aliphatic carbocycles. The van der Waals surface area contributed by atoms with Gasteiger partial charge in [-0.1, -0.05) is 30.3 Å². The van der Waals surface area contributed by atoms with Gasteiger partial charge in [-0.05, 0) is 38.0 Å². The Labute approximate surface area is 148 Å². The normalized spacial score (nSPS) is 17.6. The third-order valence-corrected chi connectivity index (χ3v) is 4.08. The van der Waals surface area contributed by atoms with E-state index in [-0.39, 0.29) is 12.3 Å². The van der Waals surface area contributed by atoms with Crippen LogP contribution >= 0.6 is 0 Å². The molecular formula is C20H24N2O3. The molecule has 2 heterocycles. The standard InChI is InChI=1S/C20H24N2O3/c1-20(2,3)25-19(24)22-14-17(23)11-16-13-21(10-9-18(16)22)12-15-7-5-4-6-8-15/h4-10H,11-14H2,1-3H3. The molecular weight excluding hydrogens is 316 g/mol. The molecule has 1 aromatic carbocycles. The Morgan fingerprint density at radius 2 is 1.88 bits per heavy atom. The molecule has 2 aliphatic rings. The Hall–Kier alpha value is -2.56. The van der Waals surface area contributed by atoms with Gasteiger partial charge >= 0.3 is 6.09 Å². The highest BCUT2D eigenvalue weighted by molar-refractivity contribution is 5.89. The van der Waals surface area contributed by atoms with Gasteiger partial charge in [-0.2, -0.15) is 0 Å². The second kappa shape index (κ2) is 6.75. The van der Waals surface area contributed by atoms with E-state index in [9.17, 15) is 9.59 Å². The number of Topliss-reactive ketones (excluding diaryl/α,β-unsaturated/α-hetero) is 1. The van der Waals surface area contributed by atoms with Crippen molar-refractivity contribution in [2.75, 3.05) is 13.1 Å². The zero-order valence-corrected chi connectivity index (χ0v) is 15.0. The van der Waals surface area contributed by atoms with E-state index in [1.54, 1.807) is 0 Å². The summed E-state index contributed by atoms with van der Waals surface area (Å²) in [7, 11) is 0. The van der Waals surface area contributed by atoms with Crippen molar-refractivity contribution >= 4 is 11.9 Å². The summed E-state index contributed by atoms with van der Waals surface area (Å²) in [5.41, 5.74) is 2.40. The monoisotopic (exact) mass is 340 g/mol. The summed E-state index contributed by atoms with van der Waals surface area (Å²) in [6.07, 6.45) is 3.83. The number of hydrogen-bond donors (Lipinski definition) is 0. The van der Waals surface area contributed by atoms with E-state index in [0.29, 0.717) is 13.0 Å². The highest BCUT2D eigenvalue weighted by atomic mass is 16.6. The zero-order chi connectivity index (χ0) is 18.0. The molecule has 0 radical (unpaired) electrons. The molecule has 0 saturated carbocycles. The number of ether oxygens (including phenoxy) is 1. The first-order valence-electron chi connectivity index (χ1n) is 8.52. The molecule has 5 nitrogen and oxygen atoms in total. The average Bonchev–Trinajstić information content (AvgIpc) is 2.53. The Kier molecular flexibility index (Phi) is 4.66. The number of rotatable bonds is 2. The number of carbonyl (C=O) groups excluding carboxylic acids is 2. The minimum atomic E-state index is -0.587. The quantitative estimate of drug-likeness (QED) is 0.827. The number of hydrogen-bond acceptors (Lipinski definition) is 4. The van der Waals surface area contributed by atoms with Crippen molar-refractivity contribution in [1.29, 1.82) is 0 Å². The predicted octanol–water partition coefficient (Wildman–Crippen LogP) is 3.48. The third-order valence-electron chi connectivity index (χ3n) is 4.08. The largest absolute Gasteiger partial charge is 0.443 e. The Morgan fingerprint density at radius 3 is 2.56 bits per heavy atom. The molecule has 1 amide bonds. The smallest absolute Gasteiger partial charge is 0.415 e. The van der Waals surface area contributed by atoms with Crippen LogP contribution in [0.25, 0.3) is 0 Å². The lowest BCUT2D eigenvalue weighted by Gasteiger charge is -2.36. The van der Waals surface area contributed by atoms with E-state index < -0.39 is 11.7 Å². The fraction of sp³-hybridized carbons (Fsp3) is 0.400. The first-order valence-corrected chi connectivity index (χ1v) is 8.52. The maximum Gasteiger partial charge on any atom is 0.415 e. The Balaban J connectivity index is 1.76. The van der Waals surface area contributed by atoms with Gasteiger partial charge in [0, 0.05) is 25.7 Å². The van der Waals surface area contributed by atoms with Crippen LogP contribution in [-0.2, 0) is 16.1 Å². The molecule has 1 aromatic rings. The van der Waals surface area contributed by atoms with Crippen molar-refractivity contribution in [2.24, 2.45) is 0 Å². The van der Waals surface area contributed by atoms with Crippen molar-refractivity contribution in [3.63, 3.8) is 0 Å². The molecule has 0 aromatic heterocycles. The highest BCUT2D eigenvalue weighted by Crippen LogP contribution is 2.28. The molecule has 132 valence electrons. The van der Waals surface area contributed by atoms with Gasteiger partial charge in [0.1, 0.15) is 5.60 Å². The fourth-order valence-corrected chi connectivity index (χ4v) is 3.06. The van der Waals surface area contributed by atoms with Gasteiger partial charge in [0.25, 0.3) is 0 Å². The minimum Gasteiger partial charge on any atom is -0.443 e. The first kappa shape index (κ1) is 17.3. The van der Waals surface area contributed by atoms with Gasteiger partial charge in [0.15, 0.2) is 5.78 Å². The maximum absolute atomic E-state index is 12.5. The Bertz CT molecular complexity index is 729. The molecule has 5 heteroatoms. The van der Waals surface area contributed by atoms with E-state index >= 15 is 0 Å². The predicted molar refractivity (Wildman–Crippen MR) is 95.6 cm³/mol. The van der Waals surface area contributed by atoms with Gasteiger partial charge in [-0.25, -0.2) is 4.79 Å². The zero-order valence-electron chi connectivity index (χ0n) is 15.0. The van der Waals surface area contributed by atoms with Crippen LogP contribution in [0.1, 0.15) is 32.8 Å². The van der Waals surface area contributed by atoms with E-state index in [4.69, 9.17) is 4.74 Å². The van der Waals surface area contributed by atoms with Crippen LogP contribution in [0, 0.1) is 0 Å². The molecule has 2 aliphatic heterocycles. The summed E-state index contributed by atoms with van der Waals surface area (Å²) in [4.78, 5) is 28.2. The Morgan fingerprint density at radius 1 is 1.16 bits per heavy atom. The summed E-state index contributed by atoms with van der Waals surface area (Å²) >= 11 is 0. The molecule has 0 spiro atoms. The maximum atomic E-state index is 12.5. The molecule has 25 heavy (non-hydrogen) atoms. The number of nitrogens with zero attached hydrogens (tertiary/aromatic N) is 2. The number of ketones is 1. The van der Waals surface area contributed by atoms with Crippen LogP contribution in [0.15, 0.2) is 53.9 Å². The van der Waals surface area contributed by atoms with E-state index in [1.807, 2.05) is 51.2 Å². The molecule has 0 N–H and O–H groups in total. The molecule has 0 fully saturated rings. The van der Waals surface area contributed by atoms with Gasteiger partial charge in [0.2, 0.25) is 0 Å². The van der Waals surface area contributed by atoms with Gasteiger partial charge in [-0.15, -0.1) is 0 Å². The summed E-state index contributed by atoms with van der Waals surface area (Å²) in [6.45, 7) is 6.97. The van der Waals surface area contributed by atoms with Crippen molar-refractivity contribution in [3.8, 4) is 0 Å². The van der Waals surface area contributed by atoms with Crippen LogP contribution < -0.4 is 0 Å². The van der Waals surface area contributed by atoms with Crippen LogP contribution in [0.5, 0.6) is 0 Å². The summed E-state index contributed by atoms with van der Waals surface area (Å²) in [5.74, 6) is 0.0413. The number of amides is 1.